The summed E-state index contributed by atoms with van der Waals surface area (Å²) >= 11 is 3.63. The van der Waals surface area contributed by atoms with Gasteiger partial charge in [-0.15, -0.1) is 22.7 Å². The molecule has 8 aromatic heterocycles. The lowest BCUT2D eigenvalue weighted by Gasteiger charge is -2.16. The Morgan fingerprint density at radius 2 is 0.507 bits per heavy atom. The van der Waals surface area contributed by atoms with E-state index in [0.717, 1.165) is 139 Å². The first-order valence-corrected chi connectivity index (χ1v) is 47.2. The fourth-order valence-electron chi connectivity index (χ4n) is 19.5. The summed E-state index contributed by atoms with van der Waals surface area (Å²) in [7, 11) is 0. The molecule has 636 valence electrons. The molecule has 136 heavy (non-hydrogen) atoms. The number of pyridine rings is 2. The summed E-state index contributed by atoms with van der Waals surface area (Å²) in [6.45, 7) is 0. The third-order valence-electron chi connectivity index (χ3n) is 25.8. The minimum atomic E-state index is 0.550. The van der Waals surface area contributed by atoms with Gasteiger partial charge in [0.05, 0.1) is 33.5 Å². The van der Waals surface area contributed by atoms with Crippen molar-refractivity contribution in [2.45, 2.75) is 0 Å². The molecule has 0 aliphatic rings. The van der Waals surface area contributed by atoms with Gasteiger partial charge in [0.15, 0.2) is 34.9 Å². The lowest BCUT2D eigenvalue weighted by molar-refractivity contribution is 1.07. The summed E-state index contributed by atoms with van der Waals surface area (Å²) in [6.07, 6.45) is 4.05. The third-order valence-corrected chi connectivity index (χ3v) is 28.1. The Morgan fingerprint density at radius 1 is 0.169 bits per heavy atom. The van der Waals surface area contributed by atoms with E-state index in [4.69, 9.17) is 39.9 Å². The van der Waals surface area contributed by atoms with Gasteiger partial charge in [0, 0.05) is 141 Å². The fraction of sp³-hybridized carbons (Fsp3) is 0. The van der Waals surface area contributed by atoms with Crippen molar-refractivity contribution in [1.29, 1.82) is 0 Å². The number of nitrogens with zero attached hydrogens (tertiary/aromatic N) is 10. The first-order valence-electron chi connectivity index (χ1n) is 45.6. The topological polar surface area (TPSA) is 113 Å². The molecule has 0 bridgehead atoms. The van der Waals surface area contributed by atoms with Crippen LogP contribution in [0, 0.1) is 0 Å². The number of para-hydroxylation sites is 4. The fourth-order valence-corrected chi connectivity index (χ4v) is 21.9. The van der Waals surface area contributed by atoms with Crippen LogP contribution in [0.3, 0.4) is 0 Å². The van der Waals surface area contributed by atoms with E-state index in [1.165, 1.54) is 79.3 Å². The molecule has 12 heteroatoms. The monoisotopic (exact) mass is 1770 g/mol. The van der Waals surface area contributed by atoms with Gasteiger partial charge in [-0.25, -0.2) is 29.9 Å². The zero-order valence-corrected chi connectivity index (χ0v) is 75.0. The van der Waals surface area contributed by atoms with Crippen molar-refractivity contribution in [3.8, 4) is 169 Å². The average Bonchev–Trinajstić information content (AvgIpc) is 1.55. The zero-order chi connectivity index (χ0) is 89.9. The molecule has 0 unspecified atom stereocenters. The van der Waals surface area contributed by atoms with E-state index in [1.807, 2.05) is 132 Å². The van der Waals surface area contributed by atoms with Crippen molar-refractivity contribution in [3.05, 3.63) is 473 Å². The lowest BCUT2D eigenvalue weighted by Crippen LogP contribution is -2.02. The van der Waals surface area contributed by atoms with E-state index in [2.05, 4.69) is 373 Å². The van der Waals surface area contributed by atoms with Crippen molar-refractivity contribution in [2.24, 2.45) is 0 Å². The molecule has 18 aromatic carbocycles. The van der Waals surface area contributed by atoms with Gasteiger partial charge in [0.25, 0.3) is 0 Å². The highest BCUT2D eigenvalue weighted by atomic mass is 32.1. The van der Waals surface area contributed by atoms with Gasteiger partial charge < -0.3 is 9.13 Å². The Labute approximate surface area is 792 Å². The lowest BCUT2D eigenvalue weighted by atomic mass is 9.90. The van der Waals surface area contributed by atoms with Crippen molar-refractivity contribution in [1.82, 2.24) is 49.0 Å². The second kappa shape index (κ2) is 34.6. The van der Waals surface area contributed by atoms with Gasteiger partial charge in [0.1, 0.15) is 0 Å². The Morgan fingerprint density at radius 3 is 0.941 bits per heavy atom. The Bertz CT molecular complexity index is 8940. The zero-order valence-electron chi connectivity index (χ0n) is 73.3. The standard InChI is InChI=1S/2C62H39N5S/c1-6-19-40(20-7-1)44-33-34-47(41-21-8-2-9-22-41)51(37-44)45-38-52(62-65-60(42-23-10-3-11-24-42)64-61(66-62)43-25-12-4-13-26-43)58(63-39-45)50-31-18-30-49-57-55(68-59(49)50)36-35-54-56(57)48-29-16-17-32-53(48)67(54)46-27-14-5-15-28-46;1-6-18-40(19-7-1)44-30-32-48(41-20-8-2-9-21-41)51(36-44)46-37-52(62-65-60(42-22-10-3-11-23-42)64-61(66-62)43-24-12-4-13-25-43)59(63-39-46)45-31-33-50-56(38-45)68-55-35-34-54-57(58(50)55)49-28-16-17-29-53(49)67(54)47-26-14-5-15-27-47/h2*1-39H. The van der Waals surface area contributed by atoms with Gasteiger partial charge in [-0.2, -0.15) is 0 Å². The largest absolute Gasteiger partial charge is 0.309 e. The highest BCUT2D eigenvalue weighted by molar-refractivity contribution is 7.26. The Kier molecular flexibility index (Phi) is 20.4. The maximum Gasteiger partial charge on any atom is 0.166 e. The summed E-state index contributed by atoms with van der Waals surface area (Å²) in [4.78, 5) is 42.4. The van der Waals surface area contributed by atoms with Gasteiger partial charge in [-0.1, -0.05) is 370 Å². The van der Waals surface area contributed by atoms with Crippen molar-refractivity contribution in [2.75, 3.05) is 0 Å². The second-order valence-electron chi connectivity index (χ2n) is 33.9. The Hall–Kier alpha value is -17.7. The van der Waals surface area contributed by atoms with Gasteiger partial charge >= 0.3 is 0 Å². The van der Waals surface area contributed by atoms with Crippen LogP contribution in [0.2, 0.25) is 0 Å². The number of rotatable bonds is 16. The maximum absolute atomic E-state index is 5.52. The molecule has 26 rings (SSSR count). The average molecular weight is 1770 g/mol. The van der Waals surface area contributed by atoms with Crippen LogP contribution < -0.4 is 0 Å². The number of hydrogen-bond acceptors (Lipinski definition) is 10. The predicted octanol–water partition coefficient (Wildman–Crippen LogP) is 32.8. The van der Waals surface area contributed by atoms with Crippen LogP contribution in [-0.4, -0.2) is 49.0 Å². The summed E-state index contributed by atoms with van der Waals surface area (Å²) in [6, 6.07) is 162. The molecule has 0 spiro atoms. The van der Waals surface area contributed by atoms with Crippen molar-refractivity contribution < 1.29 is 0 Å². The molecule has 0 saturated carbocycles. The molecule has 0 radical (unpaired) electrons. The first kappa shape index (κ1) is 80.4. The molecule has 0 aliphatic carbocycles. The van der Waals surface area contributed by atoms with E-state index in [1.54, 1.807) is 0 Å². The van der Waals surface area contributed by atoms with Crippen LogP contribution in [0.15, 0.2) is 473 Å². The van der Waals surface area contributed by atoms with Gasteiger partial charge in [-0.3, -0.25) is 9.97 Å². The van der Waals surface area contributed by atoms with Crippen LogP contribution in [0.25, 0.3) is 253 Å². The molecule has 8 heterocycles. The first-order chi connectivity index (χ1) is 67.4. The van der Waals surface area contributed by atoms with Gasteiger partial charge in [-0.05, 0) is 147 Å². The molecule has 0 amide bonds. The van der Waals surface area contributed by atoms with E-state index in [9.17, 15) is 0 Å². The number of benzene rings is 18. The molecular formula is C124H78N10S2. The summed E-state index contributed by atoms with van der Waals surface area (Å²) in [5, 5.41) is 9.91. The minimum Gasteiger partial charge on any atom is -0.309 e. The normalized spacial score (nSPS) is 11.5. The van der Waals surface area contributed by atoms with E-state index < -0.39 is 0 Å². The number of thiophene rings is 2. The van der Waals surface area contributed by atoms with E-state index in [0.29, 0.717) is 34.9 Å². The van der Waals surface area contributed by atoms with Crippen molar-refractivity contribution >= 4 is 107 Å². The molecule has 10 nitrogen and oxygen atoms in total. The number of fused-ring (bicyclic) bond motifs is 14. The molecule has 26 aromatic rings. The Balaban J connectivity index is 0.000000145. The molecule has 0 aliphatic heterocycles. The van der Waals surface area contributed by atoms with Crippen LogP contribution >= 0.6 is 22.7 Å². The predicted molar refractivity (Wildman–Crippen MR) is 566 cm³/mol. The van der Waals surface area contributed by atoms with Crippen LogP contribution in [0.5, 0.6) is 0 Å². The van der Waals surface area contributed by atoms with Crippen LogP contribution in [-0.2, 0) is 0 Å². The maximum atomic E-state index is 5.52. The van der Waals surface area contributed by atoms with Crippen LogP contribution in [0.1, 0.15) is 0 Å². The number of hydrogen-bond donors (Lipinski definition) is 0. The second-order valence-corrected chi connectivity index (χ2v) is 36.1. The van der Waals surface area contributed by atoms with Crippen LogP contribution in [0.4, 0.5) is 0 Å². The van der Waals surface area contributed by atoms with E-state index >= 15 is 0 Å². The highest BCUT2D eigenvalue weighted by Gasteiger charge is 2.28. The highest BCUT2D eigenvalue weighted by Crippen LogP contribution is 2.51. The minimum absolute atomic E-state index is 0.550. The molecule has 0 atom stereocenters. The summed E-state index contributed by atoms with van der Waals surface area (Å²) < 4.78 is 9.59. The molecule has 0 saturated heterocycles. The SMILES string of the molecule is c1ccc(-c2ccc(-c3ccccc3)c(-c3cnc(-c4ccc5c(c4)sc4ccc6c(c7ccccc7n6-c6ccccc6)c45)c(-c4nc(-c5ccccc5)nc(-c5ccccc5)n4)c3)c2)cc1.c1ccc(-c2ccc(-c3ccccc3)c(-c3cnc(-c4cccc5c4sc4ccc6c(c7ccccc7n6-c6ccccc6)c45)c(-c4nc(-c5ccccc5)nc(-c5ccccc5)n4)c3)c2)cc1. The third kappa shape index (κ3) is 14.6. The van der Waals surface area contributed by atoms with E-state index in [-0.39, 0.29) is 0 Å². The molecule has 0 N–H and O–H groups in total. The number of aromatic nitrogens is 10. The van der Waals surface area contributed by atoms with Crippen molar-refractivity contribution in [3.63, 3.8) is 0 Å². The summed E-state index contributed by atoms with van der Waals surface area (Å²) in [5.41, 5.74) is 29.0. The molecular weight excluding hydrogens is 1690 g/mol. The quantitative estimate of drug-likeness (QED) is 0.0940. The smallest absolute Gasteiger partial charge is 0.166 e. The molecule has 0 fully saturated rings. The summed E-state index contributed by atoms with van der Waals surface area (Å²) in [5.74, 6) is 3.49. The van der Waals surface area contributed by atoms with Gasteiger partial charge in [0.2, 0.25) is 0 Å².